The van der Waals surface area contributed by atoms with Crippen LogP contribution in [-0.2, 0) is 14.3 Å². The van der Waals surface area contributed by atoms with Gasteiger partial charge >= 0.3 is 5.97 Å². The normalized spacial score (nSPS) is 10.8. The number of nitrogens with one attached hydrogen (secondary N) is 2. The second kappa shape index (κ2) is 13.7. The maximum atomic E-state index is 13.4. The van der Waals surface area contributed by atoms with E-state index in [0.29, 0.717) is 34.9 Å². The van der Waals surface area contributed by atoms with Gasteiger partial charge in [-0.05, 0) is 61.5 Å². The highest BCUT2D eigenvalue weighted by molar-refractivity contribution is 8.00. The molecule has 0 fully saturated rings. The molecule has 3 aromatic rings. The molecule has 0 atom stereocenters. The number of ether oxygens (including phenoxy) is 3. The Labute approximate surface area is 220 Å². The minimum atomic E-state index is -0.540. The molecule has 0 aliphatic heterocycles. The van der Waals surface area contributed by atoms with E-state index in [4.69, 9.17) is 14.2 Å². The van der Waals surface area contributed by atoms with Gasteiger partial charge in [0.15, 0.2) is 0 Å². The number of hydrogen-bond acceptors (Lipinski definition) is 7. The molecule has 0 aliphatic rings. The van der Waals surface area contributed by atoms with Gasteiger partial charge in [-0.1, -0.05) is 24.3 Å². The van der Waals surface area contributed by atoms with Crippen molar-refractivity contribution >= 4 is 41.3 Å². The van der Waals surface area contributed by atoms with E-state index in [0.717, 1.165) is 4.90 Å². The molecule has 0 aromatic heterocycles. The molecule has 3 aromatic carbocycles. The number of carbonyl (C=O) groups is 3. The van der Waals surface area contributed by atoms with Crippen LogP contribution in [0.3, 0.4) is 0 Å². The Kier molecular flexibility index (Phi) is 10.2. The maximum absolute atomic E-state index is 13.4. The topological polar surface area (TPSA) is 103 Å². The zero-order chi connectivity index (χ0) is 26.6. The Balaban J connectivity index is 1.88. The van der Waals surface area contributed by atoms with Crippen LogP contribution in [0.25, 0.3) is 6.08 Å². The summed E-state index contributed by atoms with van der Waals surface area (Å²) >= 11 is 1.30. The average Bonchev–Trinajstić information content (AvgIpc) is 2.92. The largest absolute Gasteiger partial charge is 0.497 e. The first-order chi connectivity index (χ1) is 17.9. The van der Waals surface area contributed by atoms with Crippen LogP contribution in [0.1, 0.15) is 22.8 Å². The molecular formula is C28H28N2O6S. The van der Waals surface area contributed by atoms with Gasteiger partial charge in [0.1, 0.15) is 17.2 Å². The molecule has 37 heavy (non-hydrogen) atoms. The SMILES string of the molecule is CCOC(=O)CSc1cccc(NC(=O)/C(=C\c2cc(OC)ccc2OC)NC(=O)c2ccccc2)c1. The van der Waals surface area contributed by atoms with Gasteiger partial charge in [0.2, 0.25) is 0 Å². The third-order valence-corrected chi connectivity index (χ3v) is 5.99. The zero-order valence-electron chi connectivity index (χ0n) is 20.8. The van der Waals surface area contributed by atoms with Crippen molar-refractivity contribution in [3.05, 3.63) is 89.6 Å². The molecule has 3 rings (SSSR count). The number of thioether (sulfide) groups is 1. The van der Waals surface area contributed by atoms with Crippen molar-refractivity contribution in [1.29, 1.82) is 0 Å². The van der Waals surface area contributed by atoms with Crippen molar-refractivity contribution in [3.63, 3.8) is 0 Å². The highest BCUT2D eigenvalue weighted by Crippen LogP contribution is 2.27. The Morgan fingerprint density at radius 3 is 2.41 bits per heavy atom. The average molecular weight is 521 g/mol. The smallest absolute Gasteiger partial charge is 0.316 e. The lowest BCUT2D eigenvalue weighted by molar-refractivity contribution is -0.139. The minimum absolute atomic E-state index is 0.00462. The quantitative estimate of drug-likeness (QED) is 0.213. The number of rotatable bonds is 11. The third kappa shape index (κ3) is 8.15. The van der Waals surface area contributed by atoms with Gasteiger partial charge < -0.3 is 24.8 Å². The highest BCUT2D eigenvalue weighted by atomic mass is 32.2. The van der Waals surface area contributed by atoms with Gasteiger partial charge in [0.25, 0.3) is 11.8 Å². The van der Waals surface area contributed by atoms with E-state index in [1.165, 1.54) is 32.1 Å². The highest BCUT2D eigenvalue weighted by Gasteiger charge is 2.17. The Bertz CT molecular complexity index is 1280. The number of esters is 1. The van der Waals surface area contributed by atoms with Gasteiger partial charge in [0.05, 0.1) is 26.6 Å². The molecule has 0 spiro atoms. The molecule has 9 heteroatoms. The first-order valence-corrected chi connectivity index (χ1v) is 12.4. The van der Waals surface area contributed by atoms with Crippen LogP contribution < -0.4 is 20.1 Å². The van der Waals surface area contributed by atoms with Gasteiger partial charge in [-0.3, -0.25) is 14.4 Å². The summed E-state index contributed by atoms with van der Waals surface area (Å²) in [5, 5.41) is 5.52. The molecule has 0 bridgehead atoms. The van der Waals surface area contributed by atoms with Crippen molar-refractivity contribution in [3.8, 4) is 11.5 Å². The summed E-state index contributed by atoms with van der Waals surface area (Å²) in [7, 11) is 3.05. The summed E-state index contributed by atoms with van der Waals surface area (Å²) in [6.45, 7) is 2.07. The lowest BCUT2D eigenvalue weighted by Crippen LogP contribution is -2.30. The fourth-order valence-electron chi connectivity index (χ4n) is 3.26. The second-order valence-corrected chi connectivity index (χ2v) is 8.61. The van der Waals surface area contributed by atoms with Crippen LogP contribution in [0.2, 0.25) is 0 Å². The predicted octanol–water partition coefficient (Wildman–Crippen LogP) is 4.77. The van der Waals surface area contributed by atoms with E-state index < -0.39 is 11.8 Å². The molecule has 0 radical (unpaired) electrons. The predicted molar refractivity (Wildman–Crippen MR) is 144 cm³/mol. The molecule has 0 heterocycles. The van der Waals surface area contributed by atoms with Crippen molar-refractivity contribution in [2.75, 3.05) is 31.9 Å². The van der Waals surface area contributed by atoms with E-state index >= 15 is 0 Å². The Hall–Kier alpha value is -4.24. The van der Waals surface area contributed by atoms with E-state index in [9.17, 15) is 14.4 Å². The lowest BCUT2D eigenvalue weighted by atomic mass is 10.1. The fourth-order valence-corrected chi connectivity index (χ4v) is 4.01. The number of anilines is 1. The maximum Gasteiger partial charge on any atom is 0.316 e. The van der Waals surface area contributed by atoms with Crippen LogP contribution in [0.15, 0.2) is 83.4 Å². The van der Waals surface area contributed by atoms with Crippen LogP contribution in [0, 0.1) is 0 Å². The molecule has 8 nitrogen and oxygen atoms in total. The monoisotopic (exact) mass is 520 g/mol. The van der Waals surface area contributed by atoms with E-state index in [1.807, 2.05) is 6.07 Å². The lowest BCUT2D eigenvalue weighted by Gasteiger charge is -2.13. The van der Waals surface area contributed by atoms with Gasteiger partial charge in [-0.15, -0.1) is 11.8 Å². The molecule has 2 N–H and O–H groups in total. The molecular weight excluding hydrogens is 492 g/mol. The summed E-state index contributed by atoms with van der Waals surface area (Å²) in [6.07, 6.45) is 1.52. The Morgan fingerprint density at radius 2 is 1.70 bits per heavy atom. The first kappa shape index (κ1) is 27.3. The second-order valence-electron chi connectivity index (χ2n) is 7.56. The molecule has 0 saturated carbocycles. The van der Waals surface area contributed by atoms with E-state index in [-0.39, 0.29) is 17.4 Å². The number of carbonyl (C=O) groups excluding carboxylic acids is 3. The number of benzene rings is 3. The van der Waals surface area contributed by atoms with Crippen LogP contribution >= 0.6 is 11.8 Å². The van der Waals surface area contributed by atoms with Crippen molar-refractivity contribution in [1.82, 2.24) is 5.32 Å². The summed E-state index contributed by atoms with van der Waals surface area (Å²) in [5.41, 5.74) is 1.44. The summed E-state index contributed by atoms with van der Waals surface area (Å²) in [5.74, 6) is -0.0867. The van der Waals surface area contributed by atoms with Crippen molar-refractivity contribution in [2.45, 2.75) is 11.8 Å². The first-order valence-electron chi connectivity index (χ1n) is 11.4. The minimum Gasteiger partial charge on any atom is -0.497 e. The van der Waals surface area contributed by atoms with Crippen molar-refractivity contribution in [2.24, 2.45) is 0 Å². The molecule has 2 amide bonds. The van der Waals surface area contributed by atoms with E-state index in [2.05, 4.69) is 10.6 Å². The number of hydrogen-bond donors (Lipinski definition) is 2. The number of amides is 2. The summed E-state index contributed by atoms with van der Waals surface area (Å²) in [6, 6.07) is 20.8. The fraction of sp³-hybridized carbons (Fsp3) is 0.179. The van der Waals surface area contributed by atoms with Crippen LogP contribution in [-0.4, -0.2) is 44.4 Å². The molecule has 0 unspecified atom stereocenters. The van der Waals surface area contributed by atoms with Gasteiger partial charge in [-0.25, -0.2) is 0 Å². The summed E-state index contributed by atoms with van der Waals surface area (Å²) < 4.78 is 15.7. The number of methoxy groups -OCH3 is 2. The molecule has 0 saturated heterocycles. The van der Waals surface area contributed by atoms with E-state index in [1.54, 1.807) is 73.7 Å². The standard InChI is InChI=1S/C28H28N2O6S/c1-4-36-26(31)18-37-23-12-8-11-21(17-23)29-28(33)24(30-27(32)19-9-6-5-7-10-19)16-20-15-22(34-2)13-14-25(20)35-3/h5-17H,4,18H2,1-3H3,(H,29,33)(H,30,32)/b24-16+. The summed E-state index contributed by atoms with van der Waals surface area (Å²) in [4.78, 5) is 38.7. The molecule has 0 aliphatic carbocycles. The van der Waals surface area contributed by atoms with Gasteiger partial charge in [0, 0.05) is 21.7 Å². The zero-order valence-corrected chi connectivity index (χ0v) is 21.6. The molecule has 192 valence electrons. The van der Waals surface area contributed by atoms with Crippen LogP contribution in [0.5, 0.6) is 11.5 Å². The Morgan fingerprint density at radius 1 is 0.919 bits per heavy atom. The van der Waals surface area contributed by atoms with Crippen LogP contribution in [0.4, 0.5) is 5.69 Å². The van der Waals surface area contributed by atoms with Gasteiger partial charge in [-0.2, -0.15) is 0 Å². The van der Waals surface area contributed by atoms with Crippen molar-refractivity contribution < 1.29 is 28.6 Å². The third-order valence-electron chi connectivity index (χ3n) is 5.02.